The van der Waals surface area contributed by atoms with Gasteiger partial charge in [-0.1, -0.05) is 42.5 Å². The minimum atomic E-state index is -0.168. The Morgan fingerprint density at radius 2 is 1.96 bits per heavy atom. The minimum absolute atomic E-state index is 0.107. The molecular weight excluding hydrogens is 326 g/mol. The number of nitrogens with one attached hydrogen (secondary N) is 1. The summed E-state index contributed by atoms with van der Waals surface area (Å²) in [5.41, 5.74) is 2.02. The largest absolute Gasteiger partial charge is 0.337 e. The van der Waals surface area contributed by atoms with Gasteiger partial charge in [-0.05, 0) is 36.6 Å². The lowest BCUT2D eigenvalue weighted by Crippen LogP contribution is -2.42. The van der Waals surface area contributed by atoms with Gasteiger partial charge in [0.1, 0.15) is 5.69 Å². The first-order valence-corrected chi connectivity index (χ1v) is 8.97. The van der Waals surface area contributed by atoms with Gasteiger partial charge in [-0.3, -0.25) is 14.7 Å². The number of ketones is 1. The van der Waals surface area contributed by atoms with Crippen molar-refractivity contribution in [1.29, 1.82) is 0 Å². The fraction of sp³-hybridized carbons (Fsp3) is 0.286. The van der Waals surface area contributed by atoms with Crippen LogP contribution in [0.15, 0.2) is 48.5 Å². The van der Waals surface area contributed by atoms with Crippen LogP contribution in [0.25, 0.3) is 10.8 Å². The molecule has 4 rings (SSSR count). The van der Waals surface area contributed by atoms with Gasteiger partial charge < -0.3 is 4.90 Å². The highest BCUT2D eigenvalue weighted by molar-refractivity contribution is 6.09. The lowest BCUT2D eigenvalue weighted by Gasteiger charge is -2.31. The zero-order valence-corrected chi connectivity index (χ0v) is 14.7. The van der Waals surface area contributed by atoms with Gasteiger partial charge in [0.05, 0.1) is 0 Å². The summed E-state index contributed by atoms with van der Waals surface area (Å²) in [7, 11) is 0. The van der Waals surface area contributed by atoms with Gasteiger partial charge in [-0.25, -0.2) is 0 Å². The number of H-pyrrole nitrogens is 1. The number of piperidine rings is 1. The van der Waals surface area contributed by atoms with Crippen LogP contribution in [0.3, 0.4) is 0 Å². The van der Waals surface area contributed by atoms with Crippen molar-refractivity contribution in [2.24, 2.45) is 5.92 Å². The van der Waals surface area contributed by atoms with Crippen molar-refractivity contribution in [3.63, 3.8) is 0 Å². The summed E-state index contributed by atoms with van der Waals surface area (Å²) in [4.78, 5) is 27.6. The summed E-state index contributed by atoms with van der Waals surface area (Å²) < 4.78 is 0. The number of likely N-dealkylation sites (tertiary alicyclic amines) is 1. The van der Waals surface area contributed by atoms with E-state index in [0.29, 0.717) is 18.8 Å². The highest BCUT2D eigenvalue weighted by Crippen LogP contribution is 2.26. The van der Waals surface area contributed by atoms with E-state index in [-0.39, 0.29) is 17.6 Å². The van der Waals surface area contributed by atoms with Crippen LogP contribution in [0.4, 0.5) is 0 Å². The van der Waals surface area contributed by atoms with Gasteiger partial charge >= 0.3 is 0 Å². The lowest BCUT2D eigenvalue weighted by atomic mass is 9.88. The van der Waals surface area contributed by atoms with E-state index >= 15 is 0 Å². The molecule has 1 fully saturated rings. The number of aromatic nitrogens is 2. The summed E-state index contributed by atoms with van der Waals surface area (Å²) in [5.74, 6) is -0.152. The zero-order chi connectivity index (χ0) is 18.1. The van der Waals surface area contributed by atoms with Crippen molar-refractivity contribution in [3.05, 3.63) is 65.5 Å². The van der Waals surface area contributed by atoms with E-state index in [4.69, 9.17) is 0 Å². The van der Waals surface area contributed by atoms with Crippen LogP contribution >= 0.6 is 0 Å². The SMILES string of the molecule is Cc1cc(C(=O)N2CCCC(C(=O)c3cccc4ccccc34)C2)n[nH]1. The Labute approximate surface area is 152 Å². The van der Waals surface area contributed by atoms with Gasteiger partial charge in [0.2, 0.25) is 0 Å². The Bertz CT molecular complexity index is 971. The van der Waals surface area contributed by atoms with Crippen LogP contribution in [-0.2, 0) is 0 Å². The second-order valence-electron chi connectivity index (χ2n) is 6.92. The van der Waals surface area contributed by atoms with Gasteiger partial charge in [-0.2, -0.15) is 5.10 Å². The number of aryl methyl sites for hydroxylation is 1. The van der Waals surface area contributed by atoms with E-state index in [1.807, 2.05) is 49.4 Å². The minimum Gasteiger partial charge on any atom is -0.337 e. The Hall–Kier alpha value is -2.95. The van der Waals surface area contributed by atoms with Crippen LogP contribution in [0, 0.1) is 12.8 Å². The summed E-state index contributed by atoms with van der Waals surface area (Å²) in [5, 5.41) is 8.90. The van der Waals surface area contributed by atoms with E-state index in [1.54, 1.807) is 11.0 Å². The van der Waals surface area contributed by atoms with E-state index in [2.05, 4.69) is 10.2 Å². The molecule has 26 heavy (non-hydrogen) atoms. The van der Waals surface area contributed by atoms with Crippen molar-refractivity contribution in [2.75, 3.05) is 13.1 Å². The molecule has 5 nitrogen and oxygen atoms in total. The fourth-order valence-electron chi connectivity index (χ4n) is 3.73. The molecule has 3 aromatic rings. The highest BCUT2D eigenvalue weighted by atomic mass is 16.2. The normalized spacial score (nSPS) is 17.4. The standard InChI is InChI=1S/C21H21N3O2/c1-14-12-19(23-22-14)21(26)24-11-5-8-16(13-24)20(25)18-10-4-7-15-6-2-3-9-17(15)18/h2-4,6-7,9-10,12,16H,5,8,11,13H2,1H3,(H,22,23). The summed E-state index contributed by atoms with van der Waals surface area (Å²) >= 11 is 0. The van der Waals surface area contributed by atoms with Gasteiger partial charge in [0.25, 0.3) is 5.91 Å². The lowest BCUT2D eigenvalue weighted by molar-refractivity contribution is 0.0632. The molecule has 1 unspecified atom stereocenters. The molecule has 132 valence electrons. The summed E-state index contributed by atoms with van der Waals surface area (Å²) in [6.45, 7) is 2.99. The molecule has 0 saturated carbocycles. The van der Waals surface area contributed by atoms with Gasteiger partial charge in [-0.15, -0.1) is 0 Å². The van der Waals surface area contributed by atoms with Crippen molar-refractivity contribution in [1.82, 2.24) is 15.1 Å². The number of nitrogens with zero attached hydrogens (tertiary/aromatic N) is 2. The average Bonchev–Trinajstić information content (AvgIpc) is 3.13. The number of carbonyl (C=O) groups is 2. The molecule has 0 spiro atoms. The first kappa shape index (κ1) is 16.5. The molecule has 1 N–H and O–H groups in total. The average molecular weight is 347 g/mol. The van der Waals surface area contributed by atoms with E-state index < -0.39 is 0 Å². The molecule has 0 aliphatic carbocycles. The molecule has 5 heteroatoms. The molecule has 1 aliphatic rings. The fourth-order valence-corrected chi connectivity index (χ4v) is 3.73. The zero-order valence-electron chi connectivity index (χ0n) is 14.7. The van der Waals surface area contributed by atoms with Crippen molar-refractivity contribution in [3.8, 4) is 0 Å². The van der Waals surface area contributed by atoms with Crippen molar-refractivity contribution < 1.29 is 9.59 Å². The molecule has 2 heterocycles. The number of aromatic amines is 1. The number of hydrogen-bond donors (Lipinski definition) is 1. The molecule has 0 bridgehead atoms. The van der Waals surface area contributed by atoms with Crippen molar-refractivity contribution in [2.45, 2.75) is 19.8 Å². The molecule has 2 aromatic carbocycles. The van der Waals surface area contributed by atoms with Crippen molar-refractivity contribution >= 4 is 22.5 Å². The van der Waals surface area contributed by atoms with Crippen LogP contribution < -0.4 is 0 Å². The predicted octanol–water partition coefficient (Wildman–Crippen LogP) is 3.61. The Balaban J connectivity index is 1.57. The molecule has 1 aliphatic heterocycles. The van der Waals surface area contributed by atoms with E-state index in [1.165, 1.54) is 0 Å². The number of Topliss-reactive ketones (excluding diaryl/α,β-unsaturated/α-hetero) is 1. The molecule has 1 saturated heterocycles. The smallest absolute Gasteiger partial charge is 0.274 e. The second-order valence-corrected chi connectivity index (χ2v) is 6.92. The van der Waals surface area contributed by atoms with Crippen LogP contribution in [0.2, 0.25) is 0 Å². The third-order valence-corrected chi connectivity index (χ3v) is 5.06. The van der Waals surface area contributed by atoms with Crippen LogP contribution in [-0.4, -0.2) is 39.9 Å². The van der Waals surface area contributed by atoms with E-state index in [0.717, 1.165) is 34.9 Å². The summed E-state index contributed by atoms with van der Waals surface area (Å²) in [6, 6.07) is 15.5. The van der Waals surface area contributed by atoms with Crippen LogP contribution in [0.5, 0.6) is 0 Å². The molecule has 1 amide bonds. The molecule has 1 aromatic heterocycles. The maximum absolute atomic E-state index is 13.2. The third-order valence-electron chi connectivity index (χ3n) is 5.06. The Kier molecular flexibility index (Phi) is 4.29. The highest BCUT2D eigenvalue weighted by Gasteiger charge is 2.30. The van der Waals surface area contributed by atoms with Gasteiger partial charge in [0, 0.05) is 30.3 Å². The number of rotatable bonds is 3. The number of benzene rings is 2. The number of carbonyl (C=O) groups excluding carboxylic acids is 2. The molecule has 0 radical (unpaired) electrons. The number of amides is 1. The quantitative estimate of drug-likeness (QED) is 0.736. The Morgan fingerprint density at radius 3 is 2.77 bits per heavy atom. The van der Waals surface area contributed by atoms with E-state index in [9.17, 15) is 9.59 Å². The first-order chi connectivity index (χ1) is 12.6. The number of hydrogen-bond acceptors (Lipinski definition) is 3. The second kappa shape index (κ2) is 6.75. The van der Waals surface area contributed by atoms with Crippen LogP contribution in [0.1, 0.15) is 39.4 Å². The molecule has 1 atom stereocenters. The maximum Gasteiger partial charge on any atom is 0.274 e. The predicted molar refractivity (Wildman–Crippen MR) is 100 cm³/mol. The maximum atomic E-state index is 13.2. The first-order valence-electron chi connectivity index (χ1n) is 8.97. The van der Waals surface area contributed by atoms with Gasteiger partial charge in [0.15, 0.2) is 5.78 Å². The summed E-state index contributed by atoms with van der Waals surface area (Å²) in [6.07, 6.45) is 1.64. The topological polar surface area (TPSA) is 66.1 Å². The number of fused-ring (bicyclic) bond motifs is 1. The molecular formula is C21H21N3O2. The third kappa shape index (κ3) is 3.01. The Morgan fingerprint density at radius 1 is 1.15 bits per heavy atom. The monoisotopic (exact) mass is 347 g/mol.